The molecular formula is C8H3F5N2. The van der Waals surface area contributed by atoms with Gasteiger partial charge in [0.15, 0.2) is 23.3 Å². The van der Waals surface area contributed by atoms with Gasteiger partial charge in [-0.2, -0.15) is 4.79 Å². The lowest BCUT2D eigenvalue weighted by Gasteiger charge is -2.02. The zero-order chi connectivity index (χ0) is 11.7. The van der Waals surface area contributed by atoms with Crippen molar-refractivity contribution in [2.45, 2.75) is 6.92 Å². The molecule has 2 nitrogen and oxygen atoms in total. The van der Waals surface area contributed by atoms with Crippen molar-refractivity contribution in [1.29, 1.82) is 0 Å². The van der Waals surface area contributed by atoms with Gasteiger partial charge in [0.05, 0.1) is 0 Å². The first-order chi connectivity index (χ1) is 6.91. The third kappa shape index (κ3) is 1.61. The molecule has 0 aliphatic heterocycles. The van der Waals surface area contributed by atoms with E-state index in [2.05, 4.69) is 4.79 Å². The Kier molecular flexibility index (Phi) is 2.85. The van der Waals surface area contributed by atoms with Gasteiger partial charge >= 0.3 is 5.71 Å². The first-order valence-corrected chi connectivity index (χ1v) is 3.62. The molecule has 0 aliphatic carbocycles. The average molecular weight is 222 g/mol. The molecule has 80 valence electrons. The summed E-state index contributed by atoms with van der Waals surface area (Å²) in [6.45, 7) is 0.901. The van der Waals surface area contributed by atoms with Crippen LogP contribution in [0.5, 0.6) is 0 Å². The summed E-state index contributed by atoms with van der Waals surface area (Å²) in [7, 11) is 0. The zero-order valence-electron chi connectivity index (χ0n) is 7.28. The quantitative estimate of drug-likeness (QED) is 0.175. The van der Waals surface area contributed by atoms with Crippen molar-refractivity contribution in [1.82, 2.24) is 0 Å². The number of hydrogen-bond donors (Lipinski definition) is 0. The number of nitrogens with zero attached hydrogens (tertiary/aromatic N) is 2. The molecule has 0 N–H and O–H groups in total. The highest BCUT2D eigenvalue weighted by Gasteiger charge is 2.29. The minimum Gasteiger partial charge on any atom is -0.361 e. The van der Waals surface area contributed by atoms with E-state index in [1.165, 1.54) is 0 Å². The second kappa shape index (κ2) is 3.78. The smallest absolute Gasteiger partial charge is 0.302 e. The van der Waals surface area contributed by atoms with Crippen molar-refractivity contribution in [3.8, 4) is 0 Å². The molecular weight excluding hydrogens is 219 g/mol. The third-order valence-corrected chi connectivity index (χ3v) is 1.72. The summed E-state index contributed by atoms with van der Waals surface area (Å²) in [6.07, 6.45) is 0. The largest absolute Gasteiger partial charge is 0.361 e. The van der Waals surface area contributed by atoms with Crippen LogP contribution in [0.1, 0.15) is 12.5 Å². The van der Waals surface area contributed by atoms with E-state index < -0.39 is 40.4 Å². The Morgan fingerprint density at radius 2 is 1.20 bits per heavy atom. The van der Waals surface area contributed by atoms with Crippen LogP contribution in [-0.2, 0) is 0 Å². The molecule has 0 amide bonds. The maximum absolute atomic E-state index is 12.9. The topological polar surface area (TPSA) is 36.4 Å². The van der Waals surface area contributed by atoms with Crippen LogP contribution >= 0.6 is 0 Å². The average Bonchev–Trinajstić information content (AvgIpc) is 2.23. The maximum Gasteiger partial charge on any atom is 0.302 e. The normalized spacial score (nSPS) is 10.0. The van der Waals surface area contributed by atoms with Gasteiger partial charge in [-0.3, -0.25) is 0 Å². The van der Waals surface area contributed by atoms with E-state index in [9.17, 15) is 22.0 Å². The van der Waals surface area contributed by atoms with Crippen LogP contribution < -0.4 is 0 Å². The zero-order valence-corrected chi connectivity index (χ0v) is 7.28. The van der Waals surface area contributed by atoms with E-state index in [0.29, 0.717) is 0 Å². The van der Waals surface area contributed by atoms with E-state index >= 15 is 0 Å². The monoisotopic (exact) mass is 222 g/mol. The number of rotatable bonds is 1. The molecule has 1 aromatic carbocycles. The second-order valence-electron chi connectivity index (χ2n) is 2.63. The van der Waals surface area contributed by atoms with Crippen LogP contribution in [0.3, 0.4) is 0 Å². The van der Waals surface area contributed by atoms with Crippen LogP contribution in [0.15, 0.2) is 0 Å². The lowest BCUT2D eigenvalue weighted by Crippen LogP contribution is -2.11. The minimum absolute atomic E-state index is 0.706. The summed E-state index contributed by atoms with van der Waals surface area (Å²) in [5.41, 5.74) is 6.26. The van der Waals surface area contributed by atoms with Crippen molar-refractivity contribution < 1.29 is 26.7 Å². The van der Waals surface area contributed by atoms with Crippen LogP contribution in [0.25, 0.3) is 5.53 Å². The van der Waals surface area contributed by atoms with Gasteiger partial charge in [0.1, 0.15) is 5.56 Å². The van der Waals surface area contributed by atoms with Gasteiger partial charge in [0.25, 0.3) is 0 Å². The predicted molar refractivity (Wildman–Crippen MR) is 39.6 cm³/mol. The van der Waals surface area contributed by atoms with Crippen LogP contribution in [0.4, 0.5) is 22.0 Å². The lowest BCUT2D eigenvalue weighted by atomic mass is 10.1. The summed E-state index contributed by atoms with van der Waals surface area (Å²) >= 11 is 0. The SMILES string of the molecule is CC(=[N+]=[N-])c1c(F)c(F)c(F)c(F)c1F. The van der Waals surface area contributed by atoms with E-state index in [-0.39, 0.29) is 0 Å². The molecule has 1 aromatic rings. The molecule has 1 rings (SSSR count). The summed E-state index contributed by atoms with van der Waals surface area (Å²) in [6, 6.07) is 0. The van der Waals surface area contributed by atoms with Gasteiger partial charge in [-0.15, -0.1) is 0 Å². The van der Waals surface area contributed by atoms with Gasteiger partial charge in [-0.25, -0.2) is 22.0 Å². The van der Waals surface area contributed by atoms with E-state index in [4.69, 9.17) is 5.53 Å². The highest BCUT2D eigenvalue weighted by molar-refractivity contribution is 5.94. The Morgan fingerprint density at radius 3 is 1.53 bits per heavy atom. The van der Waals surface area contributed by atoms with Crippen molar-refractivity contribution in [3.05, 3.63) is 40.2 Å². The van der Waals surface area contributed by atoms with Gasteiger partial charge in [-0.1, -0.05) is 0 Å². The Morgan fingerprint density at radius 1 is 0.867 bits per heavy atom. The van der Waals surface area contributed by atoms with Crippen molar-refractivity contribution in [2.75, 3.05) is 0 Å². The molecule has 15 heavy (non-hydrogen) atoms. The van der Waals surface area contributed by atoms with E-state index in [1.54, 1.807) is 0 Å². The van der Waals surface area contributed by atoms with Gasteiger partial charge in [0.2, 0.25) is 5.82 Å². The molecule has 0 aliphatic rings. The van der Waals surface area contributed by atoms with E-state index in [0.717, 1.165) is 6.92 Å². The minimum atomic E-state index is -2.25. The molecule has 7 heteroatoms. The first kappa shape index (κ1) is 11.3. The summed E-state index contributed by atoms with van der Waals surface area (Å²) < 4.78 is 63.6. The Labute approximate surface area is 80.6 Å². The van der Waals surface area contributed by atoms with Crippen LogP contribution in [0, 0.1) is 29.1 Å². The number of halogens is 5. The highest BCUT2D eigenvalue weighted by atomic mass is 19.2. The fraction of sp³-hybridized carbons (Fsp3) is 0.125. The Hall–Kier alpha value is -1.75. The molecule has 0 saturated heterocycles. The molecule has 0 spiro atoms. The molecule has 0 unspecified atom stereocenters. The Bertz CT molecular complexity index is 447. The van der Waals surface area contributed by atoms with Gasteiger partial charge in [-0.05, 0) is 0 Å². The summed E-state index contributed by atoms with van der Waals surface area (Å²) in [4.78, 5) is 2.37. The molecule has 0 heterocycles. The van der Waals surface area contributed by atoms with Crippen LogP contribution in [-0.4, -0.2) is 10.5 Å². The molecule has 0 saturated carbocycles. The highest BCUT2D eigenvalue weighted by Crippen LogP contribution is 2.22. The molecule has 0 bridgehead atoms. The fourth-order valence-electron chi connectivity index (χ4n) is 0.973. The Balaban J connectivity index is 3.75. The molecule has 0 fully saturated rings. The molecule has 0 radical (unpaired) electrons. The first-order valence-electron chi connectivity index (χ1n) is 3.62. The van der Waals surface area contributed by atoms with Gasteiger partial charge in [0, 0.05) is 6.92 Å². The fourth-order valence-corrected chi connectivity index (χ4v) is 0.973. The van der Waals surface area contributed by atoms with Crippen molar-refractivity contribution >= 4 is 5.71 Å². The van der Waals surface area contributed by atoms with Crippen LogP contribution in [0.2, 0.25) is 0 Å². The lowest BCUT2D eigenvalue weighted by molar-refractivity contribution is -0.00526. The number of benzene rings is 1. The second-order valence-corrected chi connectivity index (χ2v) is 2.63. The number of hydrogen-bond acceptors (Lipinski definition) is 0. The third-order valence-electron chi connectivity index (χ3n) is 1.72. The molecule has 0 aromatic heterocycles. The van der Waals surface area contributed by atoms with Gasteiger partial charge < -0.3 is 5.53 Å². The van der Waals surface area contributed by atoms with E-state index in [1.807, 2.05) is 0 Å². The summed E-state index contributed by atoms with van der Waals surface area (Å²) in [5, 5.41) is 0. The maximum atomic E-state index is 12.9. The summed E-state index contributed by atoms with van der Waals surface area (Å²) in [5.74, 6) is -10.5. The van der Waals surface area contributed by atoms with Crippen molar-refractivity contribution in [2.24, 2.45) is 0 Å². The van der Waals surface area contributed by atoms with Crippen molar-refractivity contribution in [3.63, 3.8) is 0 Å². The predicted octanol–water partition coefficient (Wildman–Crippen LogP) is 2.42. The standard InChI is InChI=1S/C8H3F5N2/c1-2(15-14)3-4(9)6(11)8(13)7(12)5(3)10/h1H3. The molecule has 0 atom stereocenters.